The maximum absolute atomic E-state index is 14.1. The molecular formula is C18H16F2N6O3. The number of carbonyl (C=O) groups excluding carboxylic acids is 1. The lowest BCUT2D eigenvalue weighted by atomic mass is 10.2. The van der Waals surface area contributed by atoms with Crippen molar-refractivity contribution in [2.24, 2.45) is 0 Å². The quantitative estimate of drug-likeness (QED) is 0.519. The second kappa shape index (κ2) is 7.62. The molecule has 0 radical (unpaired) electrons. The normalized spacial score (nSPS) is 10.7. The van der Waals surface area contributed by atoms with E-state index in [2.05, 4.69) is 15.6 Å². The molecule has 0 saturated heterocycles. The first-order chi connectivity index (χ1) is 13.7. The number of halogens is 2. The lowest BCUT2D eigenvalue weighted by molar-refractivity contribution is -0.384. The predicted molar refractivity (Wildman–Crippen MR) is 101 cm³/mol. The third kappa shape index (κ3) is 3.88. The molecule has 2 aromatic carbocycles. The molecular weight excluding hydrogens is 386 g/mol. The first-order valence-corrected chi connectivity index (χ1v) is 8.34. The standard InChI is InChI=1S/C18H16F2N6O3/c1-10-16(22-23-25(10)12-5-4-6-13(9-12)26(28)29)18(27)21-11-7-14(19)17(24(2)3)15(20)8-11/h4-9H,1-3H3,(H,21,27). The van der Waals surface area contributed by atoms with Crippen molar-refractivity contribution in [3.8, 4) is 5.69 Å². The third-order valence-corrected chi connectivity index (χ3v) is 4.12. The summed E-state index contributed by atoms with van der Waals surface area (Å²) in [6.07, 6.45) is 0. The van der Waals surface area contributed by atoms with Crippen molar-refractivity contribution in [3.05, 3.63) is 69.5 Å². The summed E-state index contributed by atoms with van der Waals surface area (Å²) in [4.78, 5) is 24.2. The fraction of sp³-hybridized carbons (Fsp3) is 0.167. The van der Waals surface area contributed by atoms with Crippen LogP contribution in [0.15, 0.2) is 36.4 Å². The summed E-state index contributed by atoms with van der Waals surface area (Å²) in [5, 5.41) is 21.0. The first-order valence-electron chi connectivity index (χ1n) is 8.34. The van der Waals surface area contributed by atoms with E-state index >= 15 is 0 Å². The van der Waals surface area contributed by atoms with Gasteiger partial charge in [-0.2, -0.15) is 0 Å². The van der Waals surface area contributed by atoms with Crippen molar-refractivity contribution in [2.75, 3.05) is 24.3 Å². The Labute approximate surface area is 163 Å². The third-order valence-electron chi connectivity index (χ3n) is 4.12. The summed E-state index contributed by atoms with van der Waals surface area (Å²) in [5.74, 6) is -2.39. The molecule has 11 heteroatoms. The van der Waals surface area contributed by atoms with E-state index in [0.29, 0.717) is 11.4 Å². The van der Waals surface area contributed by atoms with Gasteiger partial charge in [0.25, 0.3) is 11.6 Å². The second-order valence-electron chi connectivity index (χ2n) is 6.35. The Hall–Kier alpha value is -3.89. The Kier molecular flexibility index (Phi) is 5.22. The summed E-state index contributed by atoms with van der Waals surface area (Å²) >= 11 is 0. The summed E-state index contributed by atoms with van der Waals surface area (Å²) in [6, 6.07) is 7.65. The Bertz CT molecular complexity index is 1090. The SMILES string of the molecule is Cc1c(C(=O)Nc2cc(F)c(N(C)C)c(F)c2)nnn1-c1cccc([N+](=O)[O-])c1. The van der Waals surface area contributed by atoms with Crippen LogP contribution in [0.1, 0.15) is 16.2 Å². The number of hydrogen-bond acceptors (Lipinski definition) is 6. The van der Waals surface area contributed by atoms with Gasteiger partial charge in [0, 0.05) is 31.9 Å². The minimum Gasteiger partial charge on any atom is -0.373 e. The number of amides is 1. The van der Waals surface area contributed by atoms with Gasteiger partial charge >= 0.3 is 0 Å². The number of carbonyl (C=O) groups is 1. The van der Waals surface area contributed by atoms with Gasteiger partial charge in [0.2, 0.25) is 0 Å². The maximum atomic E-state index is 14.1. The molecule has 0 aliphatic carbocycles. The zero-order chi connectivity index (χ0) is 21.3. The summed E-state index contributed by atoms with van der Waals surface area (Å²) < 4.78 is 29.5. The van der Waals surface area contributed by atoms with Crippen LogP contribution in [0.25, 0.3) is 5.69 Å². The molecule has 3 rings (SSSR count). The fourth-order valence-corrected chi connectivity index (χ4v) is 2.78. The zero-order valence-corrected chi connectivity index (χ0v) is 15.7. The van der Waals surface area contributed by atoms with Gasteiger partial charge in [-0.25, -0.2) is 13.5 Å². The Morgan fingerprint density at radius 3 is 2.45 bits per heavy atom. The Balaban J connectivity index is 1.89. The number of nitro benzene ring substituents is 1. The summed E-state index contributed by atoms with van der Waals surface area (Å²) in [6.45, 7) is 1.55. The Morgan fingerprint density at radius 1 is 1.21 bits per heavy atom. The van der Waals surface area contributed by atoms with E-state index in [1.165, 1.54) is 41.9 Å². The van der Waals surface area contributed by atoms with Crippen LogP contribution in [0.5, 0.6) is 0 Å². The van der Waals surface area contributed by atoms with Crippen LogP contribution < -0.4 is 10.2 Å². The van der Waals surface area contributed by atoms with Crippen molar-refractivity contribution in [2.45, 2.75) is 6.92 Å². The molecule has 1 N–H and O–H groups in total. The van der Waals surface area contributed by atoms with E-state index in [0.717, 1.165) is 12.1 Å². The lowest BCUT2D eigenvalue weighted by Gasteiger charge is -2.15. The minimum atomic E-state index is -0.831. The predicted octanol–water partition coefficient (Wildman–Crippen LogP) is 3.08. The summed E-state index contributed by atoms with van der Waals surface area (Å²) in [5.41, 5.74) is 0.101. The number of non-ortho nitro benzene ring substituents is 1. The smallest absolute Gasteiger partial charge is 0.278 e. The van der Waals surface area contributed by atoms with E-state index < -0.39 is 22.5 Å². The molecule has 29 heavy (non-hydrogen) atoms. The van der Waals surface area contributed by atoms with Crippen LogP contribution in [0.3, 0.4) is 0 Å². The molecule has 1 amide bonds. The van der Waals surface area contributed by atoms with Crippen LogP contribution in [0, 0.1) is 28.7 Å². The maximum Gasteiger partial charge on any atom is 0.278 e. The average molecular weight is 402 g/mol. The number of nitrogens with zero attached hydrogens (tertiary/aromatic N) is 5. The minimum absolute atomic E-state index is 0.0834. The van der Waals surface area contributed by atoms with Crippen molar-refractivity contribution >= 4 is 23.0 Å². The molecule has 0 aliphatic rings. The number of benzene rings is 2. The van der Waals surface area contributed by atoms with E-state index in [1.807, 2.05) is 0 Å². The molecule has 0 saturated carbocycles. The first kappa shape index (κ1) is 19.9. The van der Waals surface area contributed by atoms with Crippen LogP contribution >= 0.6 is 0 Å². The Morgan fingerprint density at radius 2 is 1.86 bits per heavy atom. The van der Waals surface area contributed by atoms with E-state index in [9.17, 15) is 23.7 Å². The van der Waals surface area contributed by atoms with Crippen LogP contribution in [-0.2, 0) is 0 Å². The largest absolute Gasteiger partial charge is 0.373 e. The molecule has 1 aromatic heterocycles. The van der Waals surface area contributed by atoms with Gasteiger partial charge in [0.15, 0.2) is 17.3 Å². The monoisotopic (exact) mass is 402 g/mol. The van der Waals surface area contributed by atoms with Crippen molar-refractivity contribution < 1.29 is 18.5 Å². The van der Waals surface area contributed by atoms with Crippen molar-refractivity contribution in [1.82, 2.24) is 15.0 Å². The highest BCUT2D eigenvalue weighted by molar-refractivity contribution is 6.03. The van der Waals surface area contributed by atoms with Crippen LogP contribution in [0.2, 0.25) is 0 Å². The number of aromatic nitrogens is 3. The van der Waals surface area contributed by atoms with Crippen molar-refractivity contribution in [1.29, 1.82) is 0 Å². The molecule has 3 aromatic rings. The fourth-order valence-electron chi connectivity index (χ4n) is 2.78. The molecule has 0 bridgehead atoms. The van der Waals surface area contributed by atoms with E-state index in [-0.39, 0.29) is 22.8 Å². The highest BCUT2D eigenvalue weighted by atomic mass is 19.1. The van der Waals surface area contributed by atoms with E-state index in [1.54, 1.807) is 13.0 Å². The van der Waals surface area contributed by atoms with E-state index in [4.69, 9.17) is 0 Å². The van der Waals surface area contributed by atoms with Gasteiger partial charge in [0.05, 0.1) is 16.3 Å². The number of nitro groups is 1. The van der Waals surface area contributed by atoms with Gasteiger partial charge in [-0.15, -0.1) is 5.10 Å². The van der Waals surface area contributed by atoms with Gasteiger partial charge in [0.1, 0.15) is 5.69 Å². The zero-order valence-electron chi connectivity index (χ0n) is 15.7. The highest BCUT2D eigenvalue weighted by Gasteiger charge is 2.20. The van der Waals surface area contributed by atoms with Crippen molar-refractivity contribution in [3.63, 3.8) is 0 Å². The topological polar surface area (TPSA) is 106 Å². The summed E-state index contributed by atoms with van der Waals surface area (Å²) in [7, 11) is 2.99. The van der Waals surface area contributed by atoms with Gasteiger partial charge in [-0.05, 0) is 25.1 Å². The number of nitrogens with one attached hydrogen (secondary N) is 1. The van der Waals surface area contributed by atoms with Crippen LogP contribution in [0.4, 0.5) is 25.8 Å². The second-order valence-corrected chi connectivity index (χ2v) is 6.35. The molecule has 0 aliphatic heterocycles. The molecule has 0 unspecified atom stereocenters. The van der Waals surface area contributed by atoms with Gasteiger partial charge in [-0.3, -0.25) is 14.9 Å². The van der Waals surface area contributed by atoms with Gasteiger partial charge < -0.3 is 10.2 Å². The molecule has 9 nitrogen and oxygen atoms in total. The number of hydrogen-bond donors (Lipinski definition) is 1. The van der Waals surface area contributed by atoms with Gasteiger partial charge in [-0.1, -0.05) is 11.3 Å². The number of anilines is 2. The number of rotatable bonds is 5. The molecule has 150 valence electrons. The molecule has 1 heterocycles. The lowest BCUT2D eigenvalue weighted by Crippen LogP contribution is -2.16. The molecule has 0 fully saturated rings. The van der Waals surface area contributed by atoms with Crippen LogP contribution in [-0.4, -0.2) is 39.9 Å². The molecule has 0 spiro atoms. The highest BCUT2D eigenvalue weighted by Crippen LogP contribution is 2.26. The average Bonchev–Trinajstić information content (AvgIpc) is 3.02. The molecule has 0 atom stereocenters.